The Hall–Kier alpha value is -3.58. The molecule has 0 spiro atoms. The molecule has 10 heteroatoms. The molecule has 2 N–H and O–H groups in total. The fraction of sp³-hybridized carbons (Fsp3) is 0.263. The maximum atomic E-state index is 13.1. The van der Waals surface area contributed by atoms with E-state index in [0.717, 1.165) is 16.9 Å². The van der Waals surface area contributed by atoms with Crippen LogP contribution in [-0.4, -0.2) is 20.4 Å². The minimum absolute atomic E-state index is 0.0245. The number of carbonyl (C=O) groups excluding carboxylic acids is 1. The zero-order valence-electron chi connectivity index (χ0n) is 15.5. The summed E-state index contributed by atoms with van der Waals surface area (Å²) in [6.07, 6.45) is 1.04. The molecule has 0 saturated heterocycles. The second kappa shape index (κ2) is 8.20. The molecule has 148 valence electrons. The largest absolute Gasteiger partial charge is 0.365 e. The Morgan fingerprint density at radius 2 is 2.07 bits per heavy atom. The van der Waals surface area contributed by atoms with Crippen molar-refractivity contribution in [3.8, 4) is 6.07 Å². The fourth-order valence-corrected chi connectivity index (χ4v) is 4.14. The lowest BCUT2D eigenvalue weighted by Crippen LogP contribution is -2.25. The number of nitriles is 1. The minimum atomic E-state index is -0.613. The summed E-state index contributed by atoms with van der Waals surface area (Å²) in [6, 6.07) is 8.07. The number of nitrogens with two attached hydrogens (primary N) is 1. The normalized spacial score (nSPS) is 10.8. The summed E-state index contributed by atoms with van der Waals surface area (Å²) in [6.45, 7) is 1.97. The second-order valence-electron chi connectivity index (χ2n) is 6.45. The molecule has 0 radical (unpaired) electrons. The van der Waals surface area contributed by atoms with Crippen molar-refractivity contribution in [3.63, 3.8) is 0 Å². The fourth-order valence-electron chi connectivity index (χ4n) is 3.09. The van der Waals surface area contributed by atoms with Gasteiger partial charge < -0.3 is 5.73 Å². The van der Waals surface area contributed by atoms with E-state index >= 15 is 0 Å². The van der Waals surface area contributed by atoms with Gasteiger partial charge in [0, 0.05) is 31.5 Å². The van der Waals surface area contributed by atoms with E-state index < -0.39 is 10.8 Å². The van der Waals surface area contributed by atoms with E-state index in [-0.39, 0.29) is 24.1 Å². The molecule has 2 heterocycles. The third kappa shape index (κ3) is 4.00. The van der Waals surface area contributed by atoms with Crippen molar-refractivity contribution < 1.29 is 9.72 Å². The first kappa shape index (κ1) is 20.2. The number of nitrogens with zero attached hydrogens (tertiary/aromatic N) is 4. The number of aryl methyl sites for hydroxylation is 1. The Kier molecular flexibility index (Phi) is 5.70. The van der Waals surface area contributed by atoms with Crippen molar-refractivity contribution in [1.29, 1.82) is 5.26 Å². The highest BCUT2D eigenvalue weighted by Crippen LogP contribution is 2.27. The molecule has 29 heavy (non-hydrogen) atoms. The van der Waals surface area contributed by atoms with Crippen molar-refractivity contribution in [2.75, 3.05) is 0 Å². The van der Waals surface area contributed by atoms with Gasteiger partial charge in [0.05, 0.1) is 21.3 Å². The van der Waals surface area contributed by atoms with Gasteiger partial charge in [-0.15, -0.1) is 11.3 Å². The topological polar surface area (TPSA) is 145 Å². The summed E-state index contributed by atoms with van der Waals surface area (Å²) in [5.74, 6) is -0.149. The molecule has 0 saturated carbocycles. The number of fused-ring (bicyclic) bond motifs is 1. The van der Waals surface area contributed by atoms with Crippen LogP contribution in [0.1, 0.15) is 39.5 Å². The van der Waals surface area contributed by atoms with Gasteiger partial charge in [0.1, 0.15) is 10.7 Å². The number of nitro groups is 1. The highest BCUT2D eigenvalue weighted by atomic mass is 32.1. The molecule has 3 rings (SSSR count). The number of thiophene rings is 1. The lowest BCUT2D eigenvalue weighted by atomic mass is 10.1. The summed E-state index contributed by atoms with van der Waals surface area (Å²) in [5, 5.41) is 20.0. The van der Waals surface area contributed by atoms with Crippen LogP contribution < -0.4 is 11.3 Å². The van der Waals surface area contributed by atoms with Crippen LogP contribution in [0, 0.1) is 28.4 Å². The van der Waals surface area contributed by atoms with E-state index in [4.69, 9.17) is 11.0 Å². The molecule has 1 aromatic carbocycles. The van der Waals surface area contributed by atoms with Gasteiger partial charge in [-0.1, -0.05) is 12.1 Å². The summed E-state index contributed by atoms with van der Waals surface area (Å²) < 4.78 is 1.51. The van der Waals surface area contributed by atoms with Gasteiger partial charge in [0.15, 0.2) is 0 Å². The second-order valence-corrected chi connectivity index (χ2v) is 7.45. The molecular weight excluding hydrogens is 394 g/mol. The van der Waals surface area contributed by atoms with Gasteiger partial charge in [-0.05, 0) is 24.5 Å². The monoisotopic (exact) mass is 411 g/mol. The van der Waals surface area contributed by atoms with Crippen LogP contribution in [0.15, 0.2) is 29.1 Å². The third-order valence-electron chi connectivity index (χ3n) is 4.53. The molecule has 9 nitrogen and oxygen atoms in total. The van der Waals surface area contributed by atoms with E-state index in [0.29, 0.717) is 39.4 Å². The molecular formula is C19H17N5O4S. The number of carbonyl (C=O) groups is 1. The first-order valence-corrected chi connectivity index (χ1v) is 9.58. The number of primary amides is 1. The van der Waals surface area contributed by atoms with Crippen LogP contribution >= 0.6 is 11.3 Å². The van der Waals surface area contributed by atoms with Crippen LogP contribution in [0.25, 0.3) is 10.2 Å². The predicted octanol–water partition coefficient (Wildman–Crippen LogP) is 2.67. The van der Waals surface area contributed by atoms with Gasteiger partial charge >= 0.3 is 0 Å². The van der Waals surface area contributed by atoms with E-state index in [1.807, 2.05) is 0 Å². The number of rotatable bonds is 7. The Balaban J connectivity index is 2.11. The highest BCUT2D eigenvalue weighted by molar-refractivity contribution is 7.20. The number of non-ortho nitro benzene ring substituents is 1. The first-order valence-electron chi connectivity index (χ1n) is 8.76. The molecule has 3 aromatic rings. The average Bonchev–Trinajstić information content (AvgIpc) is 3.01. The molecule has 0 fully saturated rings. The quantitative estimate of drug-likeness (QED) is 0.359. The summed E-state index contributed by atoms with van der Waals surface area (Å²) in [5.41, 5.74) is 6.35. The molecule has 2 aromatic heterocycles. The van der Waals surface area contributed by atoms with Crippen LogP contribution in [0.2, 0.25) is 0 Å². The molecule has 0 bridgehead atoms. The minimum Gasteiger partial charge on any atom is -0.365 e. The molecule has 0 aliphatic heterocycles. The Labute approximate surface area is 169 Å². The average molecular weight is 411 g/mol. The zero-order chi connectivity index (χ0) is 21.1. The smallest absolute Gasteiger partial charge is 0.269 e. The predicted molar refractivity (Wildman–Crippen MR) is 108 cm³/mol. The van der Waals surface area contributed by atoms with Crippen molar-refractivity contribution in [1.82, 2.24) is 9.55 Å². The standard InChI is InChI=1S/C19H17N5O4S/c1-11-15-18(29-16(11)17(21)25)22-14(23(19(15)26)9-3-2-8-20)10-12-4-6-13(7-5-12)24(27)28/h4-7H,2-3,9-10H2,1H3,(H2,21,25). The Bertz CT molecular complexity index is 1200. The van der Waals surface area contributed by atoms with Crippen molar-refractivity contribution in [2.45, 2.75) is 32.7 Å². The molecule has 1 amide bonds. The first-order chi connectivity index (χ1) is 13.8. The summed E-state index contributed by atoms with van der Waals surface area (Å²) in [7, 11) is 0. The molecule has 0 unspecified atom stereocenters. The van der Waals surface area contributed by atoms with Gasteiger partial charge in [-0.25, -0.2) is 4.98 Å². The lowest BCUT2D eigenvalue weighted by molar-refractivity contribution is -0.384. The van der Waals surface area contributed by atoms with Crippen molar-refractivity contribution >= 4 is 33.1 Å². The summed E-state index contributed by atoms with van der Waals surface area (Å²) >= 11 is 1.07. The third-order valence-corrected chi connectivity index (χ3v) is 5.73. The molecule has 0 atom stereocenters. The van der Waals surface area contributed by atoms with E-state index in [2.05, 4.69) is 11.1 Å². The number of aromatic nitrogens is 2. The number of nitro benzene ring substituents is 1. The van der Waals surface area contributed by atoms with Gasteiger partial charge in [-0.2, -0.15) is 5.26 Å². The van der Waals surface area contributed by atoms with Gasteiger partial charge in [0.2, 0.25) is 0 Å². The van der Waals surface area contributed by atoms with Crippen LogP contribution in [0.3, 0.4) is 0 Å². The van der Waals surface area contributed by atoms with Gasteiger partial charge in [-0.3, -0.25) is 24.3 Å². The van der Waals surface area contributed by atoms with E-state index in [1.54, 1.807) is 19.1 Å². The highest BCUT2D eigenvalue weighted by Gasteiger charge is 2.20. The maximum absolute atomic E-state index is 13.1. The molecule has 0 aliphatic carbocycles. The number of amides is 1. The van der Waals surface area contributed by atoms with Gasteiger partial charge in [0.25, 0.3) is 17.2 Å². The molecule has 0 aliphatic rings. The van der Waals surface area contributed by atoms with Crippen molar-refractivity contribution in [3.05, 3.63) is 66.6 Å². The number of hydrogen-bond donors (Lipinski definition) is 1. The number of unbranched alkanes of at least 4 members (excludes halogenated alkanes) is 1. The number of hydrogen-bond acceptors (Lipinski definition) is 7. The van der Waals surface area contributed by atoms with Crippen LogP contribution in [0.4, 0.5) is 5.69 Å². The zero-order valence-corrected chi connectivity index (χ0v) is 16.4. The lowest BCUT2D eigenvalue weighted by Gasteiger charge is -2.12. The van der Waals surface area contributed by atoms with Crippen LogP contribution in [0.5, 0.6) is 0 Å². The Morgan fingerprint density at radius 1 is 1.38 bits per heavy atom. The van der Waals surface area contributed by atoms with Crippen molar-refractivity contribution in [2.24, 2.45) is 5.73 Å². The van der Waals surface area contributed by atoms with Crippen LogP contribution in [-0.2, 0) is 13.0 Å². The van der Waals surface area contributed by atoms with E-state index in [9.17, 15) is 19.7 Å². The van der Waals surface area contributed by atoms with E-state index in [1.165, 1.54) is 16.7 Å². The Morgan fingerprint density at radius 3 is 2.66 bits per heavy atom. The number of benzene rings is 1. The maximum Gasteiger partial charge on any atom is 0.269 e. The SMILES string of the molecule is Cc1c(C(N)=O)sc2nc(Cc3ccc([N+](=O)[O-])cc3)n(CCCC#N)c(=O)c12. The summed E-state index contributed by atoms with van der Waals surface area (Å²) in [4.78, 5) is 40.5.